The fraction of sp³-hybridized carbons (Fsp3) is 0.538. The van der Waals surface area contributed by atoms with E-state index in [-0.39, 0.29) is 17.9 Å². The van der Waals surface area contributed by atoms with Crippen molar-refractivity contribution in [3.63, 3.8) is 0 Å². The fourth-order valence-electron chi connectivity index (χ4n) is 1.69. The lowest BCUT2D eigenvalue weighted by atomic mass is 10.0. The summed E-state index contributed by atoms with van der Waals surface area (Å²) in [5.41, 5.74) is 1.27. The van der Waals surface area contributed by atoms with Crippen LogP contribution in [0.25, 0.3) is 0 Å². The molecule has 0 aliphatic carbocycles. The average molecular weight is 236 g/mol. The molecule has 0 aromatic carbocycles. The zero-order valence-corrected chi connectivity index (χ0v) is 10.6. The molecule has 17 heavy (non-hydrogen) atoms. The van der Waals surface area contributed by atoms with Gasteiger partial charge >= 0.3 is 0 Å². The number of carbonyl (C=O) groups is 1. The van der Waals surface area contributed by atoms with Gasteiger partial charge in [-0.3, -0.25) is 4.79 Å². The summed E-state index contributed by atoms with van der Waals surface area (Å²) in [5.74, 6) is 0.0925. The van der Waals surface area contributed by atoms with E-state index < -0.39 is 0 Å². The molecular weight excluding hydrogens is 216 g/mol. The molecule has 0 fully saturated rings. The van der Waals surface area contributed by atoms with Crippen LogP contribution in [0, 0.1) is 12.8 Å². The number of nitrogens with zero attached hydrogens (tertiary/aromatic N) is 1. The van der Waals surface area contributed by atoms with Crippen molar-refractivity contribution in [2.45, 2.75) is 33.3 Å². The lowest BCUT2D eigenvalue weighted by Crippen LogP contribution is -2.30. The van der Waals surface area contributed by atoms with Crippen molar-refractivity contribution >= 4 is 5.91 Å². The normalized spacial score (nSPS) is 14.1. The Morgan fingerprint density at radius 3 is 2.76 bits per heavy atom. The first-order valence-corrected chi connectivity index (χ1v) is 5.89. The molecule has 0 bridgehead atoms. The third kappa shape index (κ3) is 4.95. The number of rotatable bonds is 5. The number of aromatic nitrogens is 1. The Morgan fingerprint density at radius 2 is 2.18 bits per heavy atom. The minimum atomic E-state index is -0.334. The lowest BCUT2D eigenvalue weighted by molar-refractivity contribution is 0.0934. The SMILES string of the molecule is Cc1cccc(C(=O)NCC(C)CC(C)O)n1. The monoisotopic (exact) mass is 236 g/mol. The Bertz CT molecular complexity index is 377. The number of aliphatic hydroxyl groups excluding tert-OH is 1. The van der Waals surface area contributed by atoms with Gasteiger partial charge < -0.3 is 10.4 Å². The van der Waals surface area contributed by atoms with Crippen LogP contribution in [0.4, 0.5) is 0 Å². The summed E-state index contributed by atoms with van der Waals surface area (Å²) < 4.78 is 0. The summed E-state index contributed by atoms with van der Waals surface area (Å²) in [6.07, 6.45) is 0.348. The molecule has 4 nitrogen and oxygen atoms in total. The number of aliphatic hydroxyl groups is 1. The van der Waals surface area contributed by atoms with E-state index in [2.05, 4.69) is 10.3 Å². The molecule has 0 saturated carbocycles. The number of hydrogen-bond acceptors (Lipinski definition) is 3. The second-order valence-electron chi connectivity index (χ2n) is 4.56. The first-order valence-electron chi connectivity index (χ1n) is 5.89. The minimum Gasteiger partial charge on any atom is -0.393 e. The van der Waals surface area contributed by atoms with Gasteiger partial charge in [-0.15, -0.1) is 0 Å². The third-order valence-electron chi connectivity index (χ3n) is 2.48. The van der Waals surface area contributed by atoms with E-state index in [9.17, 15) is 9.90 Å². The molecule has 1 aromatic rings. The Labute approximate surface area is 102 Å². The molecule has 0 aliphatic heterocycles. The molecule has 2 atom stereocenters. The maximum atomic E-state index is 11.8. The van der Waals surface area contributed by atoms with Gasteiger partial charge in [0.15, 0.2) is 0 Å². The molecule has 94 valence electrons. The quantitative estimate of drug-likeness (QED) is 0.815. The Morgan fingerprint density at radius 1 is 1.47 bits per heavy atom. The van der Waals surface area contributed by atoms with Crippen LogP contribution in [-0.4, -0.2) is 28.6 Å². The highest BCUT2D eigenvalue weighted by Crippen LogP contribution is 2.04. The van der Waals surface area contributed by atoms with Crippen molar-refractivity contribution in [2.75, 3.05) is 6.54 Å². The van der Waals surface area contributed by atoms with E-state index >= 15 is 0 Å². The molecular formula is C13H20N2O2. The summed E-state index contributed by atoms with van der Waals surface area (Å²) >= 11 is 0. The summed E-state index contributed by atoms with van der Waals surface area (Å²) in [7, 11) is 0. The van der Waals surface area contributed by atoms with Gasteiger partial charge in [-0.25, -0.2) is 4.98 Å². The molecule has 0 aliphatic rings. The zero-order chi connectivity index (χ0) is 12.8. The van der Waals surface area contributed by atoms with Crippen LogP contribution in [-0.2, 0) is 0 Å². The van der Waals surface area contributed by atoms with Gasteiger partial charge in [-0.05, 0) is 38.3 Å². The predicted octanol–water partition coefficient (Wildman–Crippen LogP) is 1.53. The van der Waals surface area contributed by atoms with Crippen molar-refractivity contribution in [2.24, 2.45) is 5.92 Å². The standard InChI is InChI=1S/C13H20N2O2/c1-9(7-11(3)16)8-14-13(17)12-6-4-5-10(2)15-12/h4-6,9,11,16H,7-8H2,1-3H3,(H,14,17). The maximum Gasteiger partial charge on any atom is 0.269 e. The third-order valence-corrected chi connectivity index (χ3v) is 2.48. The first-order chi connectivity index (χ1) is 7.99. The van der Waals surface area contributed by atoms with Crippen LogP contribution in [0.15, 0.2) is 18.2 Å². The van der Waals surface area contributed by atoms with Crippen molar-refractivity contribution in [3.05, 3.63) is 29.6 Å². The highest BCUT2D eigenvalue weighted by atomic mass is 16.3. The van der Waals surface area contributed by atoms with Crippen molar-refractivity contribution in [1.29, 1.82) is 0 Å². The zero-order valence-electron chi connectivity index (χ0n) is 10.6. The van der Waals surface area contributed by atoms with E-state index in [1.807, 2.05) is 26.0 Å². The highest BCUT2D eigenvalue weighted by Gasteiger charge is 2.10. The molecule has 0 spiro atoms. The van der Waals surface area contributed by atoms with Crippen LogP contribution in [0.1, 0.15) is 36.5 Å². The van der Waals surface area contributed by atoms with Crippen LogP contribution in [0.5, 0.6) is 0 Å². The van der Waals surface area contributed by atoms with Crippen molar-refractivity contribution in [1.82, 2.24) is 10.3 Å². The van der Waals surface area contributed by atoms with Gasteiger partial charge in [0.25, 0.3) is 5.91 Å². The number of carbonyl (C=O) groups excluding carboxylic acids is 1. The van der Waals surface area contributed by atoms with Crippen LogP contribution in [0.2, 0.25) is 0 Å². The van der Waals surface area contributed by atoms with Crippen LogP contribution >= 0.6 is 0 Å². The fourth-order valence-corrected chi connectivity index (χ4v) is 1.69. The smallest absolute Gasteiger partial charge is 0.269 e. The highest BCUT2D eigenvalue weighted by molar-refractivity contribution is 5.92. The molecule has 4 heteroatoms. The number of nitrogens with one attached hydrogen (secondary N) is 1. The number of hydrogen-bond donors (Lipinski definition) is 2. The summed E-state index contributed by atoms with van der Waals surface area (Å²) in [6.45, 7) is 6.16. The summed E-state index contributed by atoms with van der Waals surface area (Å²) in [6, 6.07) is 5.37. The Kier molecular flexibility index (Phi) is 5.10. The molecule has 1 rings (SSSR count). The van der Waals surface area contributed by atoms with E-state index in [0.29, 0.717) is 18.7 Å². The van der Waals surface area contributed by atoms with Crippen LogP contribution in [0.3, 0.4) is 0 Å². The topological polar surface area (TPSA) is 62.2 Å². The largest absolute Gasteiger partial charge is 0.393 e. The molecule has 0 saturated heterocycles. The van der Waals surface area contributed by atoms with Crippen molar-refractivity contribution in [3.8, 4) is 0 Å². The minimum absolute atomic E-state index is 0.161. The summed E-state index contributed by atoms with van der Waals surface area (Å²) in [4.78, 5) is 15.9. The second kappa shape index (κ2) is 6.35. The van der Waals surface area contributed by atoms with Crippen LogP contribution < -0.4 is 5.32 Å². The van der Waals surface area contributed by atoms with Gasteiger partial charge in [0.1, 0.15) is 5.69 Å². The summed E-state index contributed by atoms with van der Waals surface area (Å²) in [5, 5.41) is 12.0. The van der Waals surface area contributed by atoms with Gasteiger partial charge in [0, 0.05) is 12.2 Å². The van der Waals surface area contributed by atoms with E-state index in [4.69, 9.17) is 0 Å². The molecule has 1 heterocycles. The molecule has 1 aromatic heterocycles. The van der Waals surface area contributed by atoms with Gasteiger partial charge in [-0.2, -0.15) is 0 Å². The van der Waals surface area contributed by atoms with Gasteiger partial charge in [0.05, 0.1) is 6.10 Å². The average Bonchev–Trinajstić information content (AvgIpc) is 2.25. The molecule has 0 radical (unpaired) electrons. The lowest BCUT2D eigenvalue weighted by Gasteiger charge is -2.14. The van der Waals surface area contributed by atoms with Crippen molar-refractivity contribution < 1.29 is 9.90 Å². The number of amides is 1. The maximum absolute atomic E-state index is 11.8. The molecule has 2 N–H and O–H groups in total. The predicted molar refractivity (Wildman–Crippen MR) is 66.8 cm³/mol. The molecule has 2 unspecified atom stereocenters. The van der Waals surface area contributed by atoms with Gasteiger partial charge in [0.2, 0.25) is 0 Å². The van der Waals surface area contributed by atoms with E-state index in [1.54, 1.807) is 13.0 Å². The Balaban J connectivity index is 2.45. The number of aryl methyl sites for hydroxylation is 1. The molecule has 1 amide bonds. The Hall–Kier alpha value is -1.42. The van der Waals surface area contributed by atoms with E-state index in [0.717, 1.165) is 5.69 Å². The second-order valence-corrected chi connectivity index (χ2v) is 4.56. The number of pyridine rings is 1. The van der Waals surface area contributed by atoms with E-state index in [1.165, 1.54) is 0 Å². The first kappa shape index (κ1) is 13.6. The van der Waals surface area contributed by atoms with Gasteiger partial charge in [-0.1, -0.05) is 13.0 Å².